The number of hydrogen-bond donors (Lipinski definition) is 4. The van der Waals surface area contributed by atoms with Gasteiger partial charge in [0.15, 0.2) is 0 Å². The van der Waals surface area contributed by atoms with Crippen LogP contribution < -0.4 is 4.72 Å². The monoisotopic (exact) mass is 613 g/mol. The van der Waals surface area contributed by atoms with Crippen molar-refractivity contribution in [3.8, 4) is 0 Å². The lowest BCUT2D eigenvalue weighted by Crippen LogP contribution is -2.56. The van der Waals surface area contributed by atoms with Gasteiger partial charge in [0.25, 0.3) is 5.60 Å². The zero-order chi connectivity index (χ0) is 30.5. The van der Waals surface area contributed by atoms with Crippen LogP contribution >= 0.6 is 0 Å². The SMILES string of the molecule is C[C@]12CCC3c4ccc(NS(=O)(=O)O)cc4CCC3(C=CCCCCCC(O)(C(F)(F)F)C(F)(F)F)C1CC[C@@H]2O. The number of unbranched alkanes of at least 4 members (excludes halogenated alkanes) is 3. The average molecular weight is 614 g/mol. The molecule has 0 saturated heterocycles. The third kappa shape index (κ3) is 6.01. The minimum Gasteiger partial charge on any atom is -0.393 e. The van der Waals surface area contributed by atoms with E-state index in [0.29, 0.717) is 25.7 Å². The fraction of sp³-hybridized carbons (Fsp3) is 0.714. The van der Waals surface area contributed by atoms with Crippen LogP contribution in [0.15, 0.2) is 30.4 Å². The molecule has 3 unspecified atom stereocenters. The Hall–Kier alpha value is -1.83. The molecule has 0 spiro atoms. The Morgan fingerprint density at radius 2 is 1.71 bits per heavy atom. The maximum atomic E-state index is 12.9. The van der Waals surface area contributed by atoms with Crippen LogP contribution in [0.25, 0.3) is 0 Å². The van der Waals surface area contributed by atoms with Crippen LogP contribution in [0.4, 0.5) is 32.0 Å². The number of anilines is 1. The molecule has 0 bridgehead atoms. The second kappa shape index (κ2) is 11.0. The largest absolute Gasteiger partial charge is 0.426 e. The molecule has 2 saturated carbocycles. The van der Waals surface area contributed by atoms with E-state index in [9.17, 15) is 45.0 Å². The summed E-state index contributed by atoms with van der Waals surface area (Å²) in [7, 11) is -4.42. The molecule has 13 heteroatoms. The van der Waals surface area contributed by atoms with Crippen molar-refractivity contribution in [1.82, 2.24) is 0 Å². The molecule has 0 heterocycles. The fourth-order valence-corrected chi connectivity index (χ4v) is 8.23. The molecule has 0 radical (unpaired) electrons. The number of alkyl halides is 6. The molecular formula is C28H37F6NO5S. The number of fused-ring (bicyclic) bond motifs is 5. The van der Waals surface area contributed by atoms with Crippen LogP contribution in [0.2, 0.25) is 0 Å². The summed E-state index contributed by atoms with van der Waals surface area (Å²) in [5.74, 6) is 0.247. The Bertz CT molecular complexity index is 1240. The molecule has 5 atom stereocenters. The highest BCUT2D eigenvalue weighted by Crippen LogP contribution is 2.67. The van der Waals surface area contributed by atoms with Gasteiger partial charge in [0.1, 0.15) is 0 Å². The van der Waals surface area contributed by atoms with Crippen molar-refractivity contribution in [2.45, 2.75) is 108 Å². The summed E-state index contributed by atoms with van der Waals surface area (Å²) in [6.45, 7) is 2.11. The van der Waals surface area contributed by atoms with Gasteiger partial charge in [-0.15, -0.1) is 0 Å². The summed E-state index contributed by atoms with van der Waals surface area (Å²) < 4.78 is 111. The Kier molecular flexibility index (Phi) is 8.63. The number of aliphatic hydroxyl groups is 2. The van der Waals surface area contributed by atoms with Crippen LogP contribution in [0.3, 0.4) is 0 Å². The van der Waals surface area contributed by atoms with E-state index in [1.807, 2.05) is 12.1 Å². The van der Waals surface area contributed by atoms with Crippen LogP contribution in [0.5, 0.6) is 0 Å². The molecule has 3 aliphatic carbocycles. The summed E-state index contributed by atoms with van der Waals surface area (Å²) in [5.41, 5.74) is -3.02. The van der Waals surface area contributed by atoms with Crippen molar-refractivity contribution in [3.63, 3.8) is 0 Å². The van der Waals surface area contributed by atoms with Crippen molar-refractivity contribution in [2.75, 3.05) is 4.72 Å². The van der Waals surface area contributed by atoms with Crippen molar-refractivity contribution in [3.05, 3.63) is 41.5 Å². The molecule has 1 aromatic carbocycles. The van der Waals surface area contributed by atoms with Gasteiger partial charge >= 0.3 is 22.7 Å². The number of halogens is 6. The second-order valence-corrected chi connectivity index (χ2v) is 13.4. The summed E-state index contributed by atoms with van der Waals surface area (Å²) >= 11 is 0. The quantitative estimate of drug-likeness (QED) is 0.106. The van der Waals surface area contributed by atoms with E-state index in [-0.39, 0.29) is 34.8 Å². The molecule has 4 N–H and O–H groups in total. The van der Waals surface area contributed by atoms with Gasteiger partial charge in [-0.2, -0.15) is 34.8 Å². The molecule has 0 amide bonds. The van der Waals surface area contributed by atoms with Gasteiger partial charge in [-0.25, -0.2) is 0 Å². The molecule has 1 aromatic rings. The Labute approximate surface area is 236 Å². The normalized spacial score (nSPS) is 30.6. The molecule has 0 aliphatic heterocycles. The van der Waals surface area contributed by atoms with Crippen LogP contribution in [0.1, 0.15) is 88.2 Å². The Morgan fingerprint density at radius 1 is 1.02 bits per heavy atom. The van der Waals surface area contributed by atoms with E-state index in [1.54, 1.807) is 12.1 Å². The van der Waals surface area contributed by atoms with Crippen molar-refractivity contribution in [2.24, 2.45) is 16.7 Å². The number of benzene rings is 1. The summed E-state index contributed by atoms with van der Waals surface area (Å²) in [4.78, 5) is 0. The molecule has 41 heavy (non-hydrogen) atoms. The van der Waals surface area contributed by atoms with Gasteiger partial charge in [0.05, 0.1) is 11.8 Å². The molecule has 3 aliphatic rings. The summed E-state index contributed by atoms with van der Waals surface area (Å²) in [5, 5.41) is 20.2. The van der Waals surface area contributed by atoms with Crippen LogP contribution in [-0.2, 0) is 16.7 Å². The van der Waals surface area contributed by atoms with E-state index in [4.69, 9.17) is 4.55 Å². The molecule has 232 valence electrons. The van der Waals surface area contributed by atoms with Gasteiger partial charge in [-0.1, -0.05) is 31.6 Å². The van der Waals surface area contributed by atoms with E-state index in [1.165, 1.54) is 0 Å². The predicted octanol–water partition coefficient (Wildman–Crippen LogP) is 6.85. The standard InChI is InChI=1S/C28H37F6NO5S/c1-24-15-12-21-20-8-7-19(35-41(38,39)40)17-18(20)11-16-25(21,22(24)9-10-23(24)36)13-5-3-2-4-6-14-26(37,27(29,30)31)28(32,33)34/h5,7-8,13,17,21-23,35-37H,2-4,6,9-12,14-16H2,1H3,(H,38,39,40)/t21?,22?,23-,24-,25?/m0/s1. The number of rotatable bonds is 9. The minimum absolute atomic E-state index is 0.0826. The maximum Gasteiger partial charge on any atom is 0.426 e. The van der Waals surface area contributed by atoms with Crippen molar-refractivity contribution < 1.29 is 49.5 Å². The first-order valence-electron chi connectivity index (χ1n) is 13.9. The van der Waals surface area contributed by atoms with Crippen molar-refractivity contribution in [1.29, 1.82) is 0 Å². The number of aliphatic hydroxyl groups excluding tert-OH is 1. The fourth-order valence-electron chi connectivity index (χ4n) is 7.81. The maximum absolute atomic E-state index is 12.9. The highest BCUT2D eigenvalue weighted by molar-refractivity contribution is 7.87. The zero-order valence-electron chi connectivity index (χ0n) is 22.7. The van der Waals surface area contributed by atoms with E-state index >= 15 is 0 Å². The minimum atomic E-state index is -5.81. The summed E-state index contributed by atoms with van der Waals surface area (Å²) in [6.07, 6.45) is -4.49. The van der Waals surface area contributed by atoms with Crippen LogP contribution in [0, 0.1) is 16.7 Å². The lowest BCUT2D eigenvalue weighted by atomic mass is 9.47. The van der Waals surface area contributed by atoms with Crippen LogP contribution in [-0.4, -0.2) is 47.2 Å². The van der Waals surface area contributed by atoms with E-state index in [2.05, 4.69) is 17.7 Å². The van der Waals surface area contributed by atoms with Gasteiger partial charge < -0.3 is 10.2 Å². The third-order valence-electron chi connectivity index (χ3n) is 9.92. The van der Waals surface area contributed by atoms with E-state index < -0.39 is 47.2 Å². The molecule has 0 aromatic heterocycles. The lowest BCUT2D eigenvalue weighted by molar-refractivity contribution is -0.370. The average Bonchev–Trinajstić information content (AvgIpc) is 3.15. The topological polar surface area (TPSA) is 107 Å². The number of aryl methyl sites for hydroxylation is 1. The Balaban J connectivity index is 1.50. The van der Waals surface area contributed by atoms with Crippen molar-refractivity contribution >= 4 is 16.0 Å². The first kappa shape index (κ1) is 32.1. The lowest BCUT2D eigenvalue weighted by Gasteiger charge is -2.57. The van der Waals surface area contributed by atoms with Gasteiger partial charge in [0, 0.05) is 0 Å². The predicted molar refractivity (Wildman–Crippen MR) is 140 cm³/mol. The third-order valence-corrected chi connectivity index (χ3v) is 10.4. The van der Waals surface area contributed by atoms with Gasteiger partial charge in [-0.05, 0) is 110 Å². The number of hydrogen-bond acceptors (Lipinski definition) is 4. The molecule has 2 fully saturated rings. The first-order valence-corrected chi connectivity index (χ1v) is 15.4. The molecular weight excluding hydrogens is 576 g/mol. The van der Waals surface area contributed by atoms with E-state index in [0.717, 1.165) is 36.8 Å². The Morgan fingerprint density at radius 3 is 2.34 bits per heavy atom. The number of nitrogens with one attached hydrogen (secondary N) is 1. The molecule has 6 nitrogen and oxygen atoms in total. The first-order chi connectivity index (χ1) is 18.8. The zero-order valence-corrected chi connectivity index (χ0v) is 23.5. The second-order valence-electron chi connectivity index (χ2n) is 12.2. The summed E-state index contributed by atoms with van der Waals surface area (Å²) in [6, 6.07) is 5.19. The van der Waals surface area contributed by atoms with Gasteiger partial charge in [0.2, 0.25) is 0 Å². The highest BCUT2D eigenvalue weighted by Gasteiger charge is 2.69. The molecule has 4 rings (SSSR count). The van der Waals surface area contributed by atoms with Gasteiger partial charge in [-0.3, -0.25) is 9.27 Å². The smallest absolute Gasteiger partial charge is 0.393 e. The number of allylic oxidation sites excluding steroid dienone is 2. The highest BCUT2D eigenvalue weighted by atomic mass is 32.2.